The van der Waals surface area contributed by atoms with Gasteiger partial charge in [-0.2, -0.15) is 11.3 Å². The molecule has 0 saturated carbocycles. The van der Waals surface area contributed by atoms with E-state index in [0.29, 0.717) is 0 Å². The topological polar surface area (TPSA) is 12.0 Å². The maximum absolute atomic E-state index is 13.5. The molecule has 1 unspecified atom stereocenters. The quantitative estimate of drug-likeness (QED) is 0.840. The molecule has 1 aromatic carbocycles. The number of thiophene rings is 1. The summed E-state index contributed by atoms with van der Waals surface area (Å²) in [5.74, 6) is -0.351. The number of rotatable bonds is 5. The number of hydrogen-bond donors (Lipinski definition) is 1. The zero-order valence-corrected chi connectivity index (χ0v) is 12.6. The van der Waals surface area contributed by atoms with Crippen LogP contribution in [0.5, 0.6) is 0 Å². The van der Waals surface area contributed by atoms with Gasteiger partial charge in [-0.1, -0.05) is 24.6 Å². The third-order valence-electron chi connectivity index (χ3n) is 3.14. The molecule has 0 aliphatic heterocycles. The number of aryl methyl sites for hydroxylation is 1. The van der Waals surface area contributed by atoms with Gasteiger partial charge in [0.05, 0.1) is 5.02 Å². The Kier molecular flexibility index (Phi) is 4.97. The SMILES string of the molecule is CCNC(Cc1ccc(Cl)c(F)c1)c1cscc1C. The highest BCUT2D eigenvalue weighted by molar-refractivity contribution is 7.08. The monoisotopic (exact) mass is 297 g/mol. The Bertz CT molecular complexity index is 553. The first-order chi connectivity index (χ1) is 9.11. The van der Waals surface area contributed by atoms with E-state index in [2.05, 4.69) is 29.9 Å². The van der Waals surface area contributed by atoms with Crippen LogP contribution in [-0.2, 0) is 6.42 Å². The largest absolute Gasteiger partial charge is 0.310 e. The zero-order chi connectivity index (χ0) is 13.8. The summed E-state index contributed by atoms with van der Waals surface area (Å²) >= 11 is 7.42. The smallest absolute Gasteiger partial charge is 0.142 e. The maximum Gasteiger partial charge on any atom is 0.142 e. The van der Waals surface area contributed by atoms with Crippen LogP contribution in [0.3, 0.4) is 0 Å². The van der Waals surface area contributed by atoms with E-state index < -0.39 is 0 Å². The van der Waals surface area contributed by atoms with Gasteiger partial charge < -0.3 is 5.32 Å². The van der Waals surface area contributed by atoms with Crippen LogP contribution >= 0.6 is 22.9 Å². The van der Waals surface area contributed by atoms with Crippen molar-refractivity contribution in [1.29, 1.82) is 0 Å². The van der Waals surface area contributed by atoms with Crippen LogP contribution in [-0.4, -0.2) is 6.54 Å². The highest BCUT2D eigenvalue weighted by atomic mass is 35.5. The second-order valence-electron chi connectivity index (χ2n) is 4.57. The van der Waals surface area contributed by atoms with Crippen LogP contribution in [0, 0.1) is 12.7 Å². The Morgan fingerprint density at radius 2 is 2.16 bits per heavy atom. The number of benzene rings is 1. The van der Waals surface area contributed by atoms with Crippen LogP contribution in [0.15, 0.2) is 29.0 Å². The van der Waals surface area contributed by atoms with E-state index in [1.54, 1.807) is 17.4 Å². The van der Waals surface area contributed by atoms with E-state index in [1.807, 2.05) is 6.07 Å². The summed E-state index contributed by atoms with van der Waals surface area (Å²) < 4.78 is 13.5. The van der Waals surface area contributed by atoms with Crippen molar-refractivity contribution >= 4 is 22.9 Å². The third-order valence-corrected chi connectivity index (χ3v) is 4.33. The molecule has 0 aliphatic rings. The van der Waals surface area contributed by atoms with Gasteiger partial charge in [0.15, 0.2) is 0 Å². The predicted octanol–water partition coefficient (Wildman–Crippen LogP) is 4.74. The minimum atomic E-state index is -0.351. The number of halogens is 2. The number of likely N-dealkylation sites (N-methyl/N-ethyl adjacent to an activating group) is 1. The first-order valence-corrected chi connectivity index (χ1v) is 7.64. The van der Waals surface area contributed by atoms with Gasteiger partial charge in [0, 0.05) is 6.04 Å². The van der Waals surface area contributed by atoms with Crippen molar-refractivity contribution < 1.29 is 4.39 Å². The first-order valence-electron chi connectivity index (χ1n) is 6.31. The molecule has 0 spiro atoms. The first kappa shape index (κ1) is 14.5. The van der Waals surface area contributed by atoms with Gasteiger partial charge in [-0.25, -0.2) is 4.39 Å². The van der Waals surface area contributed by atoms with Crippen LogP contribution in [0.25, 0.3) is 0 Å². The van der Waals surface area contributed by atoms with Crippen LogP contribution < -0.4 is 5.32 Å². The van der Waals surface area contributed by atoms with Gasteiger partial charge >= 0.3 is 0 Å². The minimum Gasteiger partial charge on any atom is -0.310 e. The second-order valence-corrected chi connectivity index (χ2v) is 5.72. The van der Waals surface area contributed by atoms with Crippen molar-refractivity contribution in [1.82, 2.24) is 5.32 Å². The zero-order valence-electron chi connectivity index (χ0n) is 11.0. The molecule has 0 radical (unpaired) electrons. The van der Waals surface area contributed by atoms with Gasteiger partial charge in [0.25, 0.3) is 0 Å². The average molecular weight is 298 g/mol. The summed E-state index contributed by atoms with van der Waals surface area (Å²) in [4.78, 5) is 0. The molecule has 0 fully saturated rings. The molecular formula is C15H17ClFNS. The summed E-state index contributed by atoms with van der Waals surface area (Å²) in [5, 5.41) is 7.94. The number of nitrogens with one attached hydrogen (secondary N) is 1. The molecular weight excluding hydrogens is 281 g/mol. The van der Waals surface area contributed by atoms with Crippen molar-refractivity contribution in [2.24, 2.45) is 0 Å². The van der Waals surface area contributed by atoms with Crippen molar-refractivity contribution in [3.05, 3.63) is 56.5 Å². The predicted molar refractivity (Wildman–Crippen MR) is 80.6 cm³/mol. The van der Waals surface area contributed by atoms with Gasteiger partial charge in [-0.3, -0.25) is 0 Å². The Hall–Kier alpha value is -0.900. The Labute approximate surface area is 122 Å². The Morgan fingerprint density at radius 1 is 1.37 bits per heavy atom. The average Bonchev–Trinajstić information content (AvgIpc) is 2.79. The fraction of sp³-hybridized carbons (Fsp3) is 0.333. The maximum atomic E-state index is 13.5. The molecule has 0 aliphatic carbocycles. The molecule has 0 amide bonds. The molecule has 102 valence electrons. The lowest BCUT2D eigenvalue weighted by Crippen LogP contribution is -2.23. The fourth-order valence-electron chi connectivity index (χ4n) is 2.17. The van der Waals surface area contributed by atoms with E-state index in [0.717, 1.165) is 18.5 Å². The van der Waals surface area contributed by atoms with Crippen molar-refractivity contribution in [3.63, 3.8) is 0 Å². The molecule has 19 heavy (non-hydrogen) atoms. The van der Waals surface area contributed by atoms with Crippen LogP contribution in [0.2, 0.25) is 5.02 Å². The molecule has 0 saturated heterocycles. The van der Waals surface area contributed by atoms with Gasteiger partial charge in [-0.05, 0) is 59.5 Å². The van der Waals surface area contributed by atoms with E-state index in [1.165, 1.54) is 17.2 Å². The van der Waals surface area contributed by atoms with Gasteiger partial charge in [0.2, 0.25) is 0 Å². The second kappa shape index (κ2) is 6.51. The lowest BCUT2D eigenvalue weighted by molar-refractivity contribution is 0.546. The minimum absolute atomic E-state index is 0.176. The van der Waals surface area contributed by atoms with Crippen LogP contribution in [0.1, 0.15) is 29.7 Å². The summed E-state index contributed by atoms with van der Waals surface area (Å²) in [6, 6.07) is 5.25. The highest BCUT2D eigenvalue weighted by Crippen LogP contribution is 2.26. The third kappa shape index (κ3) is 3.56. The lowest BCUT2D eigenvalue weighted by atomic mass is 9.98. The van der Waals surface area contributed by atoms with Crippen molar-refractivity contribution in [2.75, 3.05) is 6.54 Å². The molecule has 4 heteroatoms. The van der Waals surface area contributed by atoms with Gasteiger partial charge in [0.1, 0.15) is 5.82 Å². The van der Waals surface area contributed by atoms with Crippen molar-refractivity contribution in [2.45, 2.75) is 26.3 Å². The molecule has 1 N–H and O–H groups in total. The number of hydrogen-bond acceptors (Lipinski definition) is 2. The molecule has 2 aromatic rings. The summed E-state index contributed by atoms with van der Waals surface area (Å²) in [5.41, 5.74) is 3.53. The molecule has 2 rings (SSSR count). The van der Waals surface area contributed by atoms with E-state index in [-0.39, 0.29) is 16.9 Å². The molecule has 1 atom stereocenters. The Morgan fingerprint density at radius 3 is 2.74 bits per heavy atom. The molecule has 0 bridgehead atoms. The van der Waals surface area contributed by atoms with Gasteiger partial charge in [-0.15, -0.1) is 0 Å². The Balaban J connectivity index is 2.21. The molecule has 1 nitrogen and oxygen atoms in total. The molecule has 1 aromatic heterocycles. The summed E-state index contributed by atoms with van der Waals surface area (Å²) in [6.07, 6.45) is 0.763. The van der Waals surface area contributed by atoms with Crippen molar-refractivity contribution in [3.8, 4) is 0 Å². The highest BCUT2D eigenvalue weighted by Gasteiger charge is 2.15. The standard InChI is InChI=1S/C15H17ClFNS/c1-3-18-15(12-9-19-8-10(12)2)7-11-4-5-13(16)14(17)6-11/h4-6,8-9,15,18H,3,7H2,1-2H3. The normalized spacial score (nSPS) is 12.6. The van der Waals surface area contributed by atoms with E-state index >= 15 is 0 Å². The fourth-order valence-corrected chi connectivity index (χ4v) is 3.19. The summed E-state index contributed by atoms with van der Waals surface area (Å²) in [7, 11) is 0. The molecule has 1 heterocycles. The van der Waals surface area contributed by atoms with E-state index in [4.69, 9.17) is 11.6 Å². The van der Waals surface area contributed by atoms with E-state index in [9.17, 15) is 4.39 Å². The van der Waals surface area contributed by atoms with Crippen LogP contribution in [0.4, 0.5) is 4.39 Å². The lowest BCUT2D eigenvalue weighted by Gasteiger charge is -2.18. The summed E-state index contributed by atoms with van der Waals surface area (Å²) in [6.45, 7) is 5.08.